The summed E-state index contributed by atoms with van der Waals surface area (Å²) < 4.78 is 0. The van der Waals surface area contributed by atoms with Crippen LogP contribution in [0, 0.1) is 6.92 Å². The first-order chi connectivity index (χ1) is 11.6. The molecule has 1 unspecified atom stereocenters. The van der Waals surface area contributed by atoms with Crippen LogP contribution in [-0.2, 0) is 10.2 Å². The number of halogens is 1. The van der Waals surface area contributed by atoms with Crippen molar-refractivity contribution in [2.45, 2.75) is 31.1 Å². The third-order valence-corrected chi connectivity index (χ3v) is 5.55. The third kappa shape index (κ3) is 2.55. The van der Waals surface area contributed by atoms with Crippen LogP contribution < -0.4 is 0 Å². The van der Waals surface area contributed by atoms with Gasteiger partial charge in [-0.15, -0.1) is 0 Å². The summed E-state index contributed by atoms with van der Waals surface area (Å²) in [7, 11) is 0. The summed E-state index contributed by atoms with van der Waals surface area (Å²) in [6.07, 6.45) is 5.97. The highest BCUT2D eigenvalue weighted by atomic mass is 35.5. The van der Waals surface area contributed by atoms with Gasteiger partial charge in [0.2, 0.25) is 5.91 Å². The van der Waals surface area contributed by atoms with E-state index in [1.165, 1.54) is 11.1 Å². The summed E-state index contributed by atoms with van der Waals surface area (Å²) in [6.45, 7) is 2.86. The number of rotatable bonds is 3. The Morgan fingerprint density at radius 3 is 2.50 bits per heavy atom. The van der Waals surface area contributed by atoms with Gasteiger partial charge in [-0.05, 0) is 48.6 Å². The van der Waals surface area contributed by atoms with E-state index < -0.39 is 0 Å². The van der Waals surface area contributed by atoms with Gasteiger partial charge in [0.1, 0.15) is 0 Å². The van der Waals surface area contributed by atoms with Crippen LogP contribution in [0.25, 0.3) is 0 Å². The summed E-state index contributed by atoms with van der Waals surface area (Å²) in [5.74, 6) is 0.508. The number of hydrogen-bond acceptors (Lipinski definition) is 1. The lowest BCUT2D eigenvalue weighted by Crippen LogP contribution is -2.35. The molecule has 0 aromatic heterocycles. The van der Waals surface area contributed by atoms with Gasteiger partial charge in [0.25, 0.3) is 0 Å². The number of carbonyl (C=O) groups excluding carboxylic acids is 1. The van der Waals surface area contributed by atoms with E-state index in [1.807, 2.05) is 35.4 Å². The molecule has 1 fully saturated rings. The minimum atomic E-state index is -0.338. The largest absolute Gasteiger partial charge is 0.318 e. The molecule has 24 heavy (non-hydrogen) atoms. The zero-order chi connectivity index (χ0) is 16.7. The molecule has 0 spiro atoms. The lowest BCUT2D eigenvalue weighted by molar-refractivity contribution is -0.131. The van der Waals surface area contributed by atoms with Crippen LogP contribution in [0.4, 0.5) is 0 Å². The molecule has 1 aliphatic carbocycles. The summed E-state index contributed by atoms with van der Waals surface area (Å²) in [6, 6.07) is 16.1. The molecule has 1 aliphatic heterocycles. The molecule has 0 N–H and O–H groups in total. The molecule has 1 amide bonds. The Morgan fingerprint density at radius 1 is 1.12 bits per heavy atom. The van der Waals surface area contributed by atoms with E-state index >= 15 is 0 Å². The highest BCUT2D eigenvalue weighted by molar-refractivity contribution is 6.30. The van der Waals surface area contributed by atoms with Crippen molar-refractivity contribution in [3.05, 3.63) is 82.5 Å². The first-order valence-corrected chi connectivity index (χ1v) is 8.79. The molecule has 1 heterocycles. The van der Waals surface area contributed by atoms with Crippen LogP contribution >= 0.6 is 11.6 Å². The van der Waals surface area contributed by atoms with Gasteiger partial charge in [0.15, 0.2) is 0 Å². The van der Waals surface area contributed by atoms with Gasteiger partial charge in [0, 0.05) is 23.7 Å². The lowest BCUT2D eigenvalue weighted by Gasteiger charge is -2.23. The Labute approximate surface area is 147 Å². The normalized spacial score (nSPS) is 21.1. The van der Waals surface area contributed by atoms with E-state index in [0.29, 0.717) is 5.02 Å². The molecule has 2 aromatic rings. The molecule has 2 aromatic carbocycles. The number of carbonyl (C=O) groups is 1. The van der Waals surface area contributed by atoms with Crippen molar-refractivity contribution in [3.63, 3.8) is 0 Å². The fourth-order valence-corrected chi connectivity index (χ4v) is 3.82. The summed E-state index contributed by atoms with van der Waals surface area (Å²) in [5, 5.41) is 0.711. The molecule has 2 aliphatic rings. The molecule has 4 rings (SSSR count). The van der Waals surface area contributed by atoms with Crippen LogP contribution in [0.2, 0.25) is 5.02 Å². The van der Waals surface area contributed by atoms with Crippen LogP contribution in [0.1, 0.15) is 35.4 Å². The molecule has 3 heteroatoms. The molecule has 1 atom stereocenters. The van der Waals surface area contributed by atoms with E-state index in [-0.39, 0.29) is 17.2 Å². The average Bonchev–Trinajstić information content (AvgIpc) is 3.26. The zero-order valence-corrected chi connectivity index (χ0v) is 14.5. The van der Waals surface area contributed by atoms with Crippen molar-refractivity contribution < 1.29 is 4.79 Å². The van der Waals surface area contributed by atoms with Crippen molar-refractivity contribution >= 4 is 17.5 Å². The Bertz CT molecular complexity index is 805. The topological polar surface area (TPSA) is 20.3 Å². The van der Waals surface area contributed by atoms with E-state index in [4.69, 9.17) is 11.6 Å². The molecular formula is C21H20ClNO. The zero-order valence-electron chi connectivity index (χ0n) is 13.7. The second kappa shape index (κ2) is 5.78. The van der Waals surface area contributed by atoms with Crippen LogP contribution in [0.3, 0.4) is 0 Å². The quantitative estimate of drug-likeness (QED) is 0.786. The number of nitrogens with zero attached hydrogens (tertiary/aromatic N) is 1. The second-order valence-corrected chi connectivity index (χ2v) is 7.29. The van der Waals surface area contributed by atoms with E-state index in [9.17, 15) is 4.79 Å². The molecule has 2 nitrogen and oxygen atoms in total. The van der Waals surface area contributed by atoms with Crippen LogP contribution in [0.5, 0.6) is 0 Å². The first-order valence-electron chi connectivity index (χ1n) is 8.41. The fourth-order valence-electron chi connectivity index (χ4n) is 3.69. The fraction of sp³-hybridized carbons (Fsp3) is 0.286. The van der Waals surface area contributed by atoms with Crippen molar-refractivity contribution in [2.24, 2.45) is 0 Å². The summed E-state index contributed by atoms with van der Waals surface area (Å²) in [5.41, 5.74) is 3.33. The maximum absolute atomic E-state index is 13.1. The summed E-state index contributed by atoms with van der Waals surface area (Å²) >= 11 is 5.98. The predicted octanol–water partition coefficient (Wildman–Crippen LogP) is 4.82. The van der Waals surface area contributed by atoms with Crippen molar-refractivity contribution in [1.29, 1.82) is 0 Å². The number of aryl methyl sites for hydroxylation is 1. The van der Waals surface area contributed by atoms with Crippen molar-refractivity contribution in [1.82, 2.24) is 4.90 Å². The lowest BCUT2D eigenvalue weighted by atomic mass is 9.93. The Kier molecular flexibility index (Phi) is 3.73. The highest BCUT2D eigenvalue weighted by Crippen LogP contribution is 2.50. The Balaban J connectivity index is 1.54. The second-order valence-electron chi connectivity index (χ2n) is 6.85. The number of amides is 1. The predicted molar refractivity (Wildman–Crippen MR) is 97.1 cm³/mol. The molecule has 0 bridgehead atoms. The minimum absolute atomic E-state index is 0.220. The smallest absolute Gasteiger partial charge is 0.237 e. The van der Waals surface area contributed by atoms with Crippen molar-refractivity contribution in [2.75, 3.05) is 6.54 Å². The average molecular weight is 338 g/mol. The first kappa shape index (κ1) is 15.5. The van der Waals surface area contributed by atoms with Gasteiger partial charge in [-0.1, -0.05) is 54.1 Å². The molecular weight excluding hydrogens is 318 g/mol. The Hall–Kier alpha value is -2.06. The monoisotopic (exact) mass is 337 g/mol. The van der Waals surface area contributed by atoms with E-state index in [1.54, 1.807) is 0 Å². The highest BCUT2D eigenvalue weighted by Gasteiger charge is 2.53. The van der Waals surface area contributed by atoms with Gasteiger partial charge in [-0.2, -0.15) is 0 Å². The standard InChI is InChI=1S/C21H20ClNO/c1-15-4-2-3-5-19(15)16-10-13-23(14-16)20(24)21(11-12-21)17-6-8-18(22)9-7-17/h2-10,13,16H,11-12,14H2,1H3. The number of hydrogen-bond donors (Lipinski definition) is 0. The minimum Gasteiger partial charge on any atom is -0.318 e. The van der Waals surface area contributed by atoms with Crippen LogP contribution in [0.15, 0.2) is 60.8 Å². The molecule has 0 saturated heterocycles. The number of benzene rings is 2. The molecule has 1 saturated carbocycles. The Morgan fingerprint density at radius 2 is 1.83 bits per heavy atom. The van der Waals surface area contributed by atoms with Gasteiger partial charge >= 0.3 is 0 Å². The molecule has 122 valence electrons. The summed E-state index contributed by atoms with van der Waals surface area (Å²) in [4.78, 5) is 15.0. The maximum Gasteiger partial charge on any atom is 0.237 e. The van der Waals surface area contributed by atoms with Gasteiger partial charge < -0.3 is 4.90 Å². The SMILES string of the molecule is Cc1ccccc1C1C=CN(C(=O)C2(c3ccc(Cl)cc3)CC2)C1. The van der Waals surface area contributed by atoms with Gasteiger partial charge in [-0.25, -0.2) is 0 Å². The maximum atomic E-state index is 13.1. The molecule has 0 radical (unpaired) electrons. The van der Waals surface area contributed by atoms with E-state index in [2.05, 4.69) is 37.3 Å². The third-order valence-electron chi connectivity index (χ3n) is 5.30. The van der Waals surface area contributed by atoms with Gasteiger partial charge in [0.05, 0.1) is 5.41 Å². The van der Waals surface area contributed by atoms with Gasteiger partial charge in [-0.3, -0.25) is 4.79 Å². The van der Waals surface area contributed by atoms with Crippen LogP contribution in [-0.4, -0.2) is 17.4 Å². The van der Waals surface area contributed by atoms with Crippen molar-refractivity contribution in [3.8, 4) is 0 Å². The van der Waals surface area contributed by atoms with E-state index in [0.717, 1.165) is 24.9 Å².